The van der Waals surface area contributed by atoms with Gasteiger partial charge in [0.15, 0.2) is 0 Å². The van der Waals surface area contributed by atoms with Crippen molar-refractivity contribution in [1.82, 2.24) is 25.2 Å². The van der Waals surface area contributed by atoms with Crippen LogP contribution in [0.4, 0.5) is 17.5 Å². The molecular weight excluding hydrogens is 478 g/mol. The smallest absolute Gasteiger partial charge is 0.228 e. The third kappa shape index (κ3) is 4.43. The molecule has 1 spiro atoms. The van der Waals surface area contributed by atoms with E-state index in [1.165, 1.54) is 50.6 Å². The fraction of sp³-hybridized carbons (Fsp3) is 0.655. The van der Waals surface area contributed by atoms with E-state index in [0.717, 1.165) is 69.4 Å². The minimum absolute atomic E-state index is 0.00815. The molecule has 1 amide bonds. The predicted octanol–water partition coefficient (Wildman–Crippen LogP) is 3.25. The Kier molecular flexibility index (Phi) is 6.44. The largest absolute Gasteiger partial charge is 0.379 e. The third-order valence-corrected chi connectivity index (χ3v) is 9.87. The Hall–Kier alpha value is -2.78. The van der Waals surface area contributed by atoms with Crippen molar-refractivity contribution in [2.24, 2.45) is 11.3 Å². The van der Waals surface area contributed by atoms with Crippen LogP contribution in [-0.4, -0.2) is 77.7 Å². The number of nitrogens with zero attached hydrogens (tertiary/aromatic N) is 5. The summed E-state index contributed by atoms with van der Waals surface area (Å²) >= 11 is 0. The highest BCUT2D eigenvalue weighted by Gasteiger charge is 2.54. The standard InChI is InChI=1S/C29H39N7O2/c37-27-23-16-20-17-31-28(34-26(20)25(23)29(19-32-27)8-2-1-3-9-29)33-24-5-4-22(18-30-24)35-10-6-21(7-11-35)36-12-14-38-15-13-36/h4-5,17-18,21,23,25H,1-3,6-16,19H2,(H,32,37)(H,30,31,33,34). The van der Waals surface area contributed by atoms with Gasteiger partial charge in [0.1, 0.15) is 5.82 Å². The van der Waals surface area contributed by atoms with Gasteiger partial charge in [-0.15, -0.1) is 0 Å². The van der Waals surface area contributed by atoms with E-state index >= 15 is 0 Å². The predicted molar refractivity (Wildman–Crippen MR) is 146 cm³/mol. The van der Waals surface area contributed by atoms with Crippen LogP contribution in [0.2, 0.25) is 0 Å². The van der Waals surface area contributed by atoms with E-state index in [1.807, 2.05) is 18.5 Å². The maximum Gasteiger partial charge on any atom is 0.228 e. The number of fused-ring (bicyclic) bond motifs is 4. The SMILES string of the molecule is O=C1NCC2(CCCCC2)C2c3nc(Nc4ccc(N5CCC(N6CCOCC6)CC5)cn4)ncc3CC12. The number of carbonyl (C=O) groups is 1. The van der Waals surface area contributed by atoms with Gasteiger partial charge in [0, 0.05) is 50.9 Å². The Balaban J connectivity index is 1.03. The minimum Gasteiger partial charge on any atom is -0.379 e. The van der Waals surface area contributed by atoms with Gasteiger partial charge in [-0.05, 0) is 55.2 Å². The van der Waals surface area contributed by atoms with Crippen molar-refractivity contribution in [3.8, 4) is 0 Å². The Labute approximate surface area is 224 Å². The summed E-state index contributed by atoms with van der Waals surface area (Å²) in [5.41, 5.74) is 3.53. The van der Waals surface area contributed by atoms with Crippen LogP contribution in [-0.2, 0) is 16.0 Å². The molecule has 5 aliphatic rings. The van der Waals surface area contributed by atoms with Crippen LogP contribution < -0.4 is 15.5 Å². The molecule has 4 fully saturated rings. The summed E-state index contributed by atoms with van der Waals surface area (Å²) in [5, 5.41) is 6.57. The molecule has 0 aromatic carbocycles. The molecule has 2 atom stereocenters. The molecular formula is C29H39N7O2. The summed E-state index contributed by atoms with van der Waals surface area (Å²) in [6, 6.07) is 4.85. The molecule has 7 rings (SSSR count). The van der Waals surface area contributed by atoms with Crippen LogP contribution in [0, 0.1) is 11.3 Å². The molecule has 2 unspecified atom stereocenters. The van der Waals surface area contributed by atoms with Gasteiger partial charge in [-0.3, -0.25) is 9.69 Å². The van der Waals surface area contributed by atoms with Crippen molar-refractivity contribution < 1.29 is 9.53 Å². The van der Waals surface area contributed by atoms with Crippen LogP contribution in [0.5, 0.6) is 0 Å². The summed E-state index contributed by atoms with van der Waals surface area (Å²) in [5.74, 6) is 1.70. The Morgan fingerprint density at radius 3 is 2.58 bits per heavy atom. The van der Waals surface area contributed by atoms with Crippen LogP contribution in [0.3, 0.4) is 0 Å². The highest BCUT2D eigenvalue weighted by Crippen LogP contribution is 2.56. The summed E-state index contributed by atoms with van der Waals surface area (Å²) in [6.07, 6.45) is 13.1. The Bertz CT molecular complexity index is 1150. The number of pyridine rings is 1. The number of rotatable bonds is 4. The highest BCUT2D eigenvalue weighted by molar-refractivity contribution is 5.82. The van der Waals surface area contributed by atoms with Crippen molar-refractivity contribution >= 4 is 23.4 Å². The number of nitrogens with one attached hydrogen (secondary N) is 2. The average molecular weight is 518 g/mol. The van der Waals surface area contributed by atoms with E-state index < -0.39 is 0 Å². The van der Waals surface area contributed by atoms with Crippen molar-refractivity contribution in [3.63, 3.8) is 0 Å². The van der Waals surface area contributed by atoms with Crippen molar-refractivity contribution in [1.29, 1.82) is 0 Å². The molecule has 2 aromatic heterocycles. The quantitative estimate of drug-likeness (QED) is 0.638. The number of amides is 1. The zero-order chi connectivity index (χ0) is 25.5. The second kappa shape index (κ2) is 10.1. The van der Waals surface area contributed by atoms with Crippen LogP contribution >= 0.6 is 0 Å². The van der Waals surface area contributed by atoms with Gasteiger partial charge in [-0.1, -0.05) is 19.3 Å². The van der Waals surface area contributed by atoms with E-state index in [9.17, 15) is 4.79 Å². The fourth-order valence-electron chi connectivity index (χ4n) is 7.85. The minimum atomic E-state index is -0.00815. The second-order valence-electron chi connectivity index (χ2n) is 11.9. The molecule has 0 radical (unpaired) electrons. The molecule has 2 aromatic rings. The van der Waals surface area contributed by atoms with E-state index in [4.69, 9.17) is 14.7 Å². The Morgan fingerprint density at radius 1 is 1.00 bits per heavy atom. The number of ether oxygens (including phenoxy) is 1. The number of hydrogen-bond acceptors (Lipinski definition) is 8. The fourth-order valence-corrected chi connectivity index (χ4v) is 7.85. The molecule has 2 aliphatic carbocycles. The second-order valence-corrected chi connectivity index (χ2v) is 11.9. The summed E-state index contributed by atoms with van der Waals surface area (Å²) in [7, 11) is 0. The summed E-state index contributed by atoms with van der Waals surface area (Å²) in [6.45, 7) is 6.75. The molecule has 5 heterocycles. The van der Waals surface area contributed by atoms with Gasteiger partial charge < -0.3 is 20.3 Å². The number of aromatic nitrogens is 3. The molecule has 0 bridgehead atoms. The van der Waals surface area contributed by atoms with Gasteiger partial charge in [-0.2, -0.15) is 0 Å². The van der Waals surface area contributed by atoms with Crippen molar-refractivity contribution in [2.45, 2.75) is 63.3 Å². The maximum absolute atomic E-state index is 12.8. The third-order valence-electron chi connectivity index (χ3n) is 9.87. The van der Waals surface area contributed by atoms with Crippen molar-refractivity contribution in [2.75, 3.05) is 56.2 Å². The molecule has 9 heteroatoms. The molecule has 9 nitrogen and oxygen atoms in total. The lowest BCUT2D eigenvalue weighted by atomic mass is 9.60. The molecule has 1 saturated carbocycles. The van der Waals surface area contributed by atoms with Gasteiger partial charge in [-0.25, -0.2) is 15.0 Å². The van der Waals surface area contributed by atoms with Gasteiger partial charge in [0.2, 0.25) is 11.9 Å². The lowest BCUT2D eigenvalue weighted by Gasteiger charge is -2.47. The number of hydrogen-bond donors (Lipinski definition) is 2. The average Bonchev–Trinajstić information content (AvgIpc) is 3.38. The van der Waals surface area contributed by atoms with E-state index in [-0.39, 0.29) is 23.2 Å². The summed E-state index contributed by atoms with van der Waals surface area (Å²) < 4.78 is 5.52. The highest BCUT2D eigenvalue weighted by atomic mass is 16.5. The first-order valence-corrected chi connectivity index (χ1v) is 14.6. The first kappa shape index (κ1) is 24.3. The lowest BCUT2D eigenvalue weighted by Crippen LogP contribution is -2.53. The van der Waals surface area contributed by atoms with Gasteiger partial charge >= 0.3 is 0 Å². The van der Waals surface area contributed by atoms with Crippen LogP contribution in [0.15, 0.2) is 24.5 Å². The van der Waals surface area contributed by atoms with Gasteiger partial charge in [0.25, 0.3) is 0 Å². The van der Waals surface area contributed by atoms with Gasteiger partial charge in [0.05, 0.1) is 36.7 Å². The zero-order valence-electron chi connectivity index (χ0n) is 22.2. The topological polar surface area (TPSA) is 95.5 Å². The Morgan fingerprint density at radius 2 is 1.82 bits per heavy atom. The number of anilines is 3. The zero-order valence-corrected chi connectivity index (χ0v) is 22.2. The van der Waals surface area contributed by atoms with E-state index in [1.54, 1.807) is 0 Å². The van der Waals surface area contributed by atoms with E-state index in [2.05, 4.69) is 31.5 Å². The van der Waals surface area contributed by atoms with Crippen LogP contribution in [0.1, 0.15) is 62.1 Å². The molecule has 3 aliphatic heterocycles. The molecule has 202 valence electrons. The number of piperidine rings is 2. The first-order valence-electron chi connectivity index (χ1n) is 14.6. The number of morpholine rings is 1. The first-order chi connectivity index (χ1) is 18.7. The van der Waals surface area contributed by atoms with Crippen LogP contribution in [0.25, 0.3) is 0 Å². The normalized spacial score (nSPS) is 27.6. The summed E-state index contributed by atoms with van der Waals surface area (Å²) in [4.78, 5) is 32.2. The molecule has 38 heavy (non-hydrogen) atoms. The maximum atomic E-state index is 12.8. The monoisotopic (exact) mass is 517 g/mol. The molecule has 3 saturated heterocycles. The number of carbonyl (C=O) groups excluding carboxylic acids is 1. The van der Waals surface area contributed by atoms with E-state index in [0.29, 0.717) is 12.0 Å². The molecule has 2 N–H and O–H groups in total. The lowest BCUT2D eigenvalue weighted by molar-refractivity contribution is -0.131. The van der Waals surface area contributed by atoms with Crippen molar-refractivity contribution in [3.05, 3.63) is 35.8 Å².